The maximum absolute atomic E-state index is 11.6. The van der Waals surface area contributed by atoms with Crippen LogP contribution in [0.4, 0.5) is 0 Å². The Balaban J connectivity index is 1.34. The van der Waals surface area contributed by atoms with E-state index in [9.17, 15) is 9.90 Å². The van der Waals surface area contributed by atoms with Gasteiger partial charge in [0.05, 0.1) is 18.3 Å². The van der Waals surface area contributed by atoms with Crippen LogP contribution in [0.2, 0.25) is 0 Å². The lowest BCUT2D eigenvalue weighted by Gasteiger charge is -2.20. The number of aromatic hydroxyl groups is 1. The van der Waals surface area contributed by atoms with Crippen LogP contribution in [-0.4, -0.2) is 38.7 Å². The Kier molecular flexibility index (Phi) is 11.8. The Labute approximate surface area is 300 Å². The number of rotatable bonds is 15. The van der Waals surface area contributed by atoms with Crippen LogP contribution < -0.4 is 4.74 Å². The molecule has 0 spiro atoms. The average molecular weight is 678 g/mol. The van der Waals surface area contributed by atoms with Gasteiger partial charge in [0.25, 0.3) is 0 Å². The number of ether oxygens (including phenoxy) is 2. The van der Waals surface area contributed by atoms with Crippen LogP contribution >= 0.6 is 0 Å². The third-order valence-corrected chi connectivity index (χ3v) is 8.77. The molecule has 0 aliphatic heterocycles. The molecule has 0 amide bonds. The first-order chi connectivity index (χ1) is 25.0. The average Bonchev–Trinajstić information content (AvgIpc) is 3.19. The Morgan fingerprint density at radius 3 is 1.61 bits per heavy atom. The monoisotopic (exact) mass is 677 g/mol. The van der Waals surface area contributed by atoms with Gasteiger partial charge in [0.2, 0.25) is 0 Å². The minimum absolute atomic E-state index is 0.0293. The first-order valence-corrected chi connectivity index (χ1v) is 17.7. The van der Waals surface area contributed by atoms with Crippen molar-refractivity contribution in [3.8, 4) is 67.9 Å². The highest BCUT2D eigenvalue weighted by atomic mass is 16.5. The second kappa shape index (κ2) is 17.2. The smallest absolute Gasteiger partial charge is 0.305 e. The van der Waals surface area contributed by atoms with E-state index < -0.39 is 0 Å². The molecule has 0 saturated heterocycles. The van der Waals surface area contributed by atoms with Gasteiger partial charge in [-0.05, 0) is 53.6 Å². The van der Waals surface area contributed by atoms with E-state index in [2.05, 4.69) is 55.5 Å². The topological polar surface area (TPSA) is 94.4 Å². The molecule has 6 aromatic rings. The predicted molar refractivity (Wildman–Crippen MR) is 203 cm³/mol. The summed E-state index contributed by atoms with van der Waals surface area (Å²) < 4.78 is 11.7. The summed E-state index contributed by atoms with van der Waals surface area (Å²) in [7, 11) is 0. The normalized spacial score (nSPS) is 11.6. The van der Waals surface area contributed by atoms with Crippen LogP contribution in [0, 0.1) is 0 Å². The van der Waals surface area contributed by atoms with Crippen LogP contribution in [0.5, 0.6) is 11.5 Å². The summed E-state index contributed by atoms with van der Waals surface area (Å²) in [5, 5.41) is 11.6. The summed E-state index contributed by atoms with van der Waals surface area (Å²) in [5.74, 6) is 1.46. The summed E-state index contributed by atoms with van der Waals surface area (Å²) in [6, 6.07) is 42.2. The number of nitrogens with zero attached hydrogens (tertiary/aromatic N) is 3. The molecule has 1 N–H and O–H groups in total. The first-order valence-electron chi connectivity index (χ1n) is 17.7. The maximum Gasteiger partial charge on any atom is 0.305 e. The van der Waals surface area contributed by atoms with Crippen LogP contribution in [0.25, 0.3) is 56.4 Å². The van der Waals surface area contributed by atoms with Crippen molar-refractivity contribution in [1.82, 2.24) is 15.0 Å². The van der Waals surface area contributed by atoms with Gasteiger partial charge in [0.15, 0.2) is 29.0 Å². The predicted octanol–water partition coefficient (Wildman–Crippen LogP) is 10.6. The van der Waals surface area contributed by atoms with Crippen molar-refractivity contribution in [2.24, 2.45) is 0 Å². The van der Waals surface area contributed by atoms with Gasteiger partial charge in [-0.2, -0.15) is 0 Å². The van der Waals surface area contributed by atoms with E-state index in [1.54, 1.807) is 19.1 Å². The molecule has 1 aromatic heterocycles. The van der Waals surface area contributed by atoms with Crippen LogP contribution in [0.15, 0.2) is 127 Å². The molecule has 0 radical (unpaired) electrons. The molecule has 0 aliphatic rings. The van der Waals surface area contributed by atoms with E-state index in [4.69, 9.17) is 24.4 Å². The van der Waals surface area contributed by atoms with Gasteiger partial charge in [-0.1, -0.05) is 142 Å². The molecule has 1 heterocycles. The second-order valence-electron chi connectivity index (χ2n) is 12.4. The minimum atomic E-state index is -0.207. The van der Waals surface area contributed by atoms with E-state index in [0.717, 1.165) is 52.6 Å². The van der Waals surface area contributed by atoms with Gasteiger partial charge < -0.3 is 14.6 Å². The fourth-order valence-corrected chi connectivity index (χ4v) is 5.91. The Bertz CT molecular complexity index is 1910. The zero-order valence-electron chi connectivity index (χ0n) is 29.2. The number of carbonyl (C=O) groups excluding carboxylic acids is 1. The van der Waals surface area contributed by atoms with Gasteiger partial charge in [0, 0.05) is 17.5 Å². The van der Waals surface area contributed by atoms with Crippen molar-refractivity contribution in [2.45, 2.75) is 58.5 Å². The number of hydrogen-bond acceptors (Lipinski definition) is 7. The number of para-hydroxylation sites is 1. The SMILES string of the molecule is CCCCC(CCCOC(=O)CC)Oc1cccc(-c2nc(-c3ccc(-c4ccccc4)cc3)nc(-c3ccc(-c4ccccc4)cc3)n2)c1O. The molecule has 1 unspecified atom stereocenters. The number of benzene rings is 5. The standard InChI is InChI=1S/C44H43N3O4/c1-3-5-18-37(19-13-30-50-40(48)4-2)51-39-21-12-20-38(41(39)49)44-46-42(35-26-22-33(23-27-35)31-14-8-6-9-15-31)45-43(47-44)36-28-24-34(25-29-36)32-16-10-7-11-17-32/h6-12,14-17,20-29,37,49H,3-5,13,18-19,30H2,1-2H3. The summed E-state index contributed by atoms with van der Waals surface area (Å²) >= 11 is 0. The molecule has 0 fully saturated rings. The molecule has 7 heteroatoms. The summed E-state index contributed by atoms with van der Waals surface area (Å²) in [4.78, 5) is 26.3. The number of carbonyl (C=O) groups is 1. The van der Waals surface area contributed by atoms with E-state index in [1.165, 1.54) is 0 Å². The lowest BCUT2D eigenvalue weighted by atomic mass is 10.0. The lowest BCUT2D eigenvalue weighted by molar-refractivity contribution is -0.143. The largest absolute Gasteiger partial charge is 0.504 e. The van der Waals surface area contributed by atoms with E-state index in [-0.39, 0.29) is 17.8 Å². The maximum atomic E-state index is 11.6. The quantitative estimate of drug-likeness (QED) is 0.0854. The second-order valence-corrected chi connectivity index (χ2v) is 12.4. The van der Waals surface area contributed by atoms with Crippen LogP contribution in [-0.2, 0) is 9.53 Å². The third-order valence-electron chi connectivity index (χ3n) is 8.77. The number of aromatic nitrogens is 3. The van der Waals surface area contributed by atoms with Crippen molar-refractivity contribution < 1.29 is 19.4 Å². The molecule has 1 atom stereocenters. The van der Waals surface area contributed by atoms with Crippen molar-refractivity contribution in [3.05, 3.63) is 127 Å². The fourth-order valence-electron chi connectivity index (χ4n) is 5.91. The number of esters is 1. The Hall–Kier alpha value is -5.82. The molecule has 5 aromatic carbocycles. The molecule has 7 nitrogen and oxygen atoms in total. The molecular weight excluding hydrogens is 635 g/mol. The number of hydrogen-bond donors (Lipinski definition) is 1. The fraction of sp³-hybridized carbons (Fsp3) is 0.227. The molecule has 0 bridgehead atoms. The summed E-state index contributed by atoms with van der Waals surface area (Å²) in [6.45, 7) is 4.27. The zero-order valence-corrected chi connectivity index (χ0v) is 29.2. The van der Waals surface area contributed by atoms with Crippen LogP contribution in [0.3, 0.4) is 0 Å². The van der Waals surface area contributed by atoms with Crippen molar-refractivity contribution in [3.63, 3.8) is 0 Å². The minimum Gasteiger partial charge on any atom is -0.504 e. The van der Waals surface area contributed by atoms with Gasteiger partial charge in [-0.3, -0.25) is 4.79 Å². The lowest BCUT2D eigenvalue weighted by Crippen LogP contribution is -2.18. The number of unbranched alkanes of at least 4 members (excludes halogenated alkanes) is 1. The highest BCUT2D eigenvalue weighted by Crippen LogP contribution is 2.38. The van der Waals surface area contributed by atoms with E-state index >= 15 is 0 Å². The van der Waals surface area contributed by atoms with Gasteiger partial charge >= 0.3 is 5.97 Å². The first kappa shape index (κ1) is 35.0. The molecular formula is C44H43N3O4. The number of phenols is 1. The summed E-state index contributed by atoms with van der Waals surface area (Å²) in [5.41, 5.74) is 6.54. The highest BCUT2D eigenvalue weighted by Gasteiger charge is 2.20. The van der Waals surface area contributed by atoms with E-state index in [0.29, 0.717) is 54.7 Å². The van der Waals surface area contributed by atoms with Gasteiger partial charge in [-0.15, -0.1) is 0 Å². The van der Waals surface area contributed by atoms with Crippen LogP contribution in [0.1, 0.15) is 52.4 Å². The molecule has 0 saturated carbocycles. The molecule has 6 rings (SSSR count). The van der Waals surface area contributed by atoms with Crippen molar-refractivity contribution >= 4 is 5.97 Å². The Morgan fingerprint density at radius 2 is 1.08 bits per heavy atom. The van der Waals surface area contributed by atoms with Crippen molar-refractivity contribution in [2.75, 3.05) is 6.61 Å². The van der Waals surface area contributed by atoms with E-state index in [1.807, 2.05) is 66.7 Å². The Morgan fingerprint density at radius 1 is 0.588 bits per heavy atom. The highest BCUT2D eigenvalue weighted by molar-refractivity contribution is 5.74. The van der Waals surface area contributed by atoms with Crippen molar-refractivity contribution in [1.29, 1.82) is 0 Å². The van der Waals surface area contributed by atoms with Gasteiger partial charge in [0.1, 0.15) is 0 Å². The molecule has 0 aliphatic carbocycles. The van der Waals surface area contributed by atoms with Gasteiger partial charge in [-0.25, -0.2) is 15.0 Å². The zero-order chi connectivity index (χ0) is 35.4. The summed E-state index contributed by atoms with van der Waals surface area (Å²) in [6.07, 6.45) is 4.39. The third kappa shape index (κ3) is 9.05. The molecule has 258 valence electrons. The number of phenolic OH excluding ortho intramolecular Hbond substituents is 1. The molecule has 51 heavy (non-hydrogen) atoms.